The van der Waals surface area contributed by atoms with Gasteiger partial charge in [-0.25, -0.2) is 4.39 Å². The van der Waals surface area contributed by atoms with Crippen molar-refractivity contribution in [1.82, 2.24) is 9.78 Å². The minimum atomic E-state index is -0.285. The predicted molar refractivity (Wildman–Crippen MR) is 79.9 cm³/mol. The predicted octanol–water partition coefficient (Wildman–Crippen LogP) is 3.45. The van der Waals surface area contributed by atoms with E-state index in [1.807, 2.05) is 38.2 Å². The Morgan fingerprint density at radius 1 is 1.24 bits per heavy atom. The standard InChI is InChI=1S/C17H15FN2O/c1-11-9-13(18)8-7-12(11)10-16(21)17-14-5-3-4-6-15(14)20(2)19-17/h3-9H,10H2,1-2H3. The number of rotatable bonds is 3. The SMILES string of the molecule is Cc1cc(F)ccc1CC(=O)c1nn(C)c2ccccc12. The van der Waals surface area contributed by atoms with Gasteiger partial charge in [0.15, 0.2) is 5.78 Å². The summed E-state index contributed by atoms with van der Waals surface area (Å²) in [6.45, 7) is 1.81. The van der Waals surface area contributed by atoms with Crippen LogP contribution in [0.25, 0.3) is 10.9 Å². The van der Waals surface area contributed by atoms with Gasteiger partial charge in [0, 0.05) is 18.9 Å². The average Bonchev–Trinajstić information content (AvgIpc) is 2.80. The largest absolute Gasteiger partial charge is 0.292 e. The second-order valence-electron chi connectivity index (χ2n) is 5.16. The van der Waals surface area contributed by atoms with Crippen molar-refractivity contribution in [1.29, 1.82) is 0 Å². The van der Waals surface area contributed by atoms with Crippen LogP contribution in [0.15, 0.2) is 42.5 Å². The van der Waals surface area contributed by atoms with Crippen LogP contribution in [0.4, 0.5) is 4.39 Å². The monoisotopic (exact) mass is 282 g/mol. The van der Waals surface area contributed by atoms with Crippen LogP contribution in [0.3, 0.4) is 0 Å². The van der Waals surface area contributed by atoms with Gasteiger partial charge in [-0.3, -0.25) is 9.48 Å². The van der Waals surface area contributed by atoms with E-state index in [0.29, 0.717) is 5.69 Å². The van der Waals surface area contributed by atoms with Crippen LogP contribution in [0.1, 0.15) is 21.6 Å². The van der Waals surface area contributed by atoms with Crippen molar-refractivity contribution in [3.63, 3.8) is 0 Å². The highest BCUT2D eigenvalue weighted by atomic mass is 19.1. The molecule has 0 unspecified atom stereocenters. The third kappa shape index (κ3) is 2.44. The van der Waals surface area contributed by atoms with Crippen LogP contribution in [-0.2, 0) is 13.5 Å². The van der Waals surface area contributed by atoms with E-state index in [9.17, 15) is 9.18 Å². The van der Waals surface area contributed by atoms with Crippen molar-refractivity contribution in [3.8, 4) is 0 Å². The van der Waals surface area contributed by atoms with E-state index in [1.54, 1.807) is 10.7 Å². The second kappa shape index (κ2) is 5.13. The highest BCUT2D eigenvalue weighted by Crippen LogP contribution is 2.20. The number of carbonyl (C=O) groups excluding carboxylic acids is 1. The van der Waals surface area contributed by atoms with Crippen molar-refractivity contribution in [2.24, 2.45) is 7.05 Å². The number of ketones is 1. The van der Waals surface area contributed by atoms with Crippen molar-refractivity contribution >= 4 is 16.7 Å². The maximum atomic E-state index is 13.1. The summed E-state index contributed by atoms with van der Waals surface area (Å²) in [7, 11) is 1.82. The third-order valence-corrected chi connectivity index (χ3v) is 3.68. The molecule has 4 heteroatoms. The van der Waals surface area contributed by atoms with Gasteiger partial charge in [-0.15, -0.1) is 0 Å². The molecule has 0 spiro atoms. The number of carbonyl (C=O) groups is 1. The van der Waals surface area contributed by atoms with Gasteiger partial charge in [0.05, 0.1) is 5.52 Å². The van der Waals surface area contributed by atoms with Crippen LogP contribution in [0.2, 0.25) is 0 Å². The van der Waals surface area contributed by atoms with Crippen molar-refractivity contribution in [3.05, 3.63) is 65.1 Å². The molecule has 0 amide bonds. The number of aromatic nitrogens is 2. The molecule has 0 bridgehead atoms. The van der Waals surface area contributed by atoms with E-state index in [0.717, 1.165) is 22.0 Å². The lowest BCUT2D eigenvalue weighted by atomic mass is 10.0. The average molecular weight is 282 g/mol. The van der Waals surface area contributed by atoms with Gasteiger partial charge >= 0.3 is 0 Å². The first-order chi connectivity index (χ1) is 10.1. The van der Waals surface area contributed by atoms with E-state index in [4.69, 9.17) is 0 Å². The van der Waals surface area contributed by atoms with Gasteiger partial charge in [-0.05, 0) is 36.2 Å². The molecule has 3 rings (SSSR count). The van der Waals surface area contributed by atoms with Gasteiger partial charge in [0.2, 0.25) is 0 Å². The molecule has 1 aromatic heterocycles. The Labute approximate surface area is 122 Å². The minimum Gasteiger partial charge on any atom is -0.292 e. The Morgan fingerprint density at radius 3 is 2.76 bits per heavy atom. The van der Waals surface area contributed by atoms with E-state index in [2.05, 4.69) is 5.10 Å². The summed E-state index contributed by atoms with van der Waals surface area (Å²) < 4.78 is 14.8. The number of fused-ring (bicyclic) bond motifs is 1. The number of nitrogens with zero attached hydrogens (tertiary/aromatic N) is 2. The van der Waals surface area contributed by atoms with Gasteiger partial charge in [-0.2, -0.15) is 5.10 Å². The molecule has 0 saturated carbocycles. The van der Waals surface area contributed by atoms with Gasteiger partial charge in [0.25, 0.3) is 0 Å². The van der Waals surface area contributed by atoms with E-state index in [-0.39, 0.29) is 18.0 Å². The highest BCUT2D eigenvalue weighted by Gasteiger charge is 2.16. The molecule has 0 saturated heterocycles. The molecule has 3 aromatic rings. The third-order valence-electron chi connectivity index (χ3n) is 3.68. The molecule has 0 atom stereocenters. The molecule has 0 aliphatic rings. The molecule has 0 aliphatic carbocycles. The fourth-order valence-electron chi connectivity index (χ4n) is 2.53. The number of benzene rings is 2. The molecule has 0 N–H and O–H groups in total. The second-order valence-corrected chi connectivity index (χ2v) is 5.16. The molecular weight excluding hydrogens is 267 g/mol. The molecule has 3 nitrogen and oxygen atoms in total. The number of Topliss-reactive ketones (excluding diaryl/α,β-unsaturated/α-hetero) is 1. The molecule has 1 heterocycles. The topological polar surface area (TPSA) is 34.9 Å². The Bertz CT molecular complexity index is 836. The Balaban J connectivity index is 1.98. The lowest BCUT2D eigenvalue weighted by Gasteiger charge is -2.04. The summed E-state index contributed by atoms with van der Waals surface area (Å²) in [4.78, 5) is 12.5. The number of aryl methyl sites for hydroxylation is 2. The van der Waals surface area contributed by atoms with Gasteiger partial charge in [-0.1, -0.05) is 24.3 Å². The number of hydrogen-bond donors (Lipinski definition) is 0. The molecule has 106 valence electrons. The number of hydrogen-bond acceptors (Lipinski definition) is 2. The molecular formula is C17H15FN2O. The smallest absolute Gasteiger partial charge is 0.188 e. The Hall–Kier alpha value is -2.49. The van der Waals surface area contributed by atoms with Crippen LogP contribution in [0.5, 0.6) is 0 Å². The van der Waals surface area contributed by atoms with E-state index >= 15 is 0 Å². The number of halogens is 1. The van der Waals surface area contributed by atoms with E-state index < -0.39 is 0 Å². The molecule has 21 heavy (non-hydrogen) atoms. The van der Waals surface area contributed by atoms with Crippen LogP contribution in [-0.4, -0.2) is 15.6 Å². The van der Waals surface area contributed by atoms with Gasteiger partial charge < -0.3 is 0 Å². The Morgan fingerprint density at radius 2 is 2.00 bits per heavy atom. The normalized spacial score (nSPS) is 11.0. The zero-order valence-electron chi connectivity index (χ0n) is 11.9. The molecule has 0 fully saturated rings. The van der Waals surface area contributed by atoms with E-state index in [1.165, 1.54) is 12.1 Å². The zero-order valence-corrected chi connectivity index (χ0v) is 11.9. The first kappa shape index (κ1) is 13.5. The van der Waals surface area contributed by atoms with Crippen LogP contribution < -0.4 is 0 Å². The van der Waals surface area contributed by atoms with Crippen LogP contribution in [0, 0.1) is 12.7 Å². The summed E-state index contributed by atoms with van der Waals surface area (Å²) in [6.07, 6.45) is 0.229. The summed E-state index contributed by atoms with van der Waals surface area (Å²) in [5, 5.41) is 5.18. The summed E-state index contributed by atoms with van der Waals surface area (Å²) >= 11 is 0. The first-order valence-corrected chi connectivity index (χ1v) is 6.76. The number of para-hydroxylation sites is 1. The lowest BCUT2D eigenvalue weighted by molar-refractivity contribution is 0.0989. The quantitative estimate of drug-likeness (QED) is 0.690. The van der Waals surface area contributed by atoms with Crippen molar-refractivity contribution in [2.45, 2.75) is 13.3 Å². The summed E-state index contributed by atoms with van der Waals surface area (Å²) in [5.74, 6) is -0.339. The zero-order chi connectivity index (χ0) is 15.0. The minimum absolute atomic E-state index is 0.0542. The fraction of sp³-hybridized carbons (Fsp3) is 0.176. The van der Waals surface area contributed by atoms with Gasteiger partial charge in [0.1, 0.15) is 11.5 Å². The Kier molecular flexibility index (Phi) is 3.29. The molecule has 0 aliphatic heterocycles. The van der Waals surface area contributed by atoms with Crippen molar-refractivity contribution in [2.75, 3.05) is 0 Å². The maximum absolute atomic E-state index is 13.1. The molecule has 0 radical (unpaired) electrons. The van der Waals surface area contributed by atoms with Crippen LogP contribution >= 0.6 is 0 Å². The summed E-state index contributed by atoms with van der Waals surface area (Å²) in [6, 6.07) is 12.1. The highest BCUT2D eigenvalue weighted by molar-refractivity contribution is 6.06. The first-order valence-electron chi connectivity index (χ1n) is 6.76. The van der Waals surface area contributed by atoms with Crippen molar-refractivity contribution < 1.29 is 9.18 Å². The summed E-state index contributed by atoms with van der Waals surface area (Å²) in [5.41, 5.74) is 3.01. The fourth-order valence-corrected chi connectivity index (χ4v) is 2.53. The molecule has 2 aromatic carbocycles. The maximum Gasteiger partial charge on any atom is 0.188 e. The lowest BCUT2D eigenvalue weighted by Crippen LogP contribution is -2.07.